The van der Waals surface area contributed by atoms with E-state index in [-0.39, 0.29) is 23.6 Å². The quantitative estimate of drug-likeness (QED) is 0.485. The van der Waals surface area contributed by atoms with Gasteiger partial charge in [-0.25, -0.2) is 4.79 Å². The van der Waals surface area contributed by atoms with E-state index in [4.69, 9.17) is 19.7 Å². The Kier molecular flexibility index (Phi) is 5.79. The van der Waals surface area contributed by atoms with Gasteiger partial charge in [-0.05, 0) is 66.7 Å². The number of aryl methyl sites for hydroxylation is 1. The van der Waals surface area contributed by atoms with E-state index in [1.165, 1.54) is 35.0 Å². The summed E-state index contributed by atoms with van der Waals surface area (Å²) in [6, 6.07) is 17.3. The van der Waals surface area contributed by atoms with Crippen molar-refractivity contribution in [3.05, 3.63) is 83.1 Å². The Bertz CT molecular complexity index is 1450. The van der Waals surface area contributed by atoms with E-state index >= 15 is 0 Å². The van der Waals surface area contributed by atoms with Gasteiger partial charge < -0.3 is 14.3 Å². The van der Waals surface area contributed by atoms with Crippen molar-refractivity contribution in [1.82, 2.24) is 5.01 Å². The third-order valence-electron chi connectivity index (χ3n) is 5.18. The van der Waals surface area contributed by atoms with E-state index in [9.17, 15) is 9.59 Å². The van der Waals surface area contributed by atoms with Crippen molar-refractivity contribution in [2.45, 2.75) is 6.92 Å². The fourth-order valence-corrected chi connectivity index (χ4v) is 4.24. The predicted octanol–water partition coefficient (Wildman–Crippen LogP) is 4.65. The molecule has 0 aliphatic carbocycles. The Morgan fingerprint density at radius 3 is 2.74 bits per heavy atom. The van der Waals surface area contributed by atoms with Crippen LogP contribution >= 0.6 is 11.8 Å². The minimum Gasteiger partial charge on any atom is -0.487 e. The van der Waals surface area contributed by atoms with Crippen LogP contribution in [0.4, 0.5) is 0 Å². The first-order valence-electron chi connectivity index (χ1n) is 10.5. The maximum Gasteiger partial charge on any atom is 0.335 e. The van der Waals surface area contributed by atoms with Gasteiger partial charge >= 0.3 is 5.97 Å². The van der Waals surface area contributed by atoms with E-state index in [0.717, 1.165) is 5.56 Å². The molecule has 0 spiro atoms. The number of hydrogen-bond acceptors (Lipinski definition) is 7. The second-order valence-corrected chi connectivity index (χ2v) is 8.74. The Morgan fingerprint density at radius 2 is 2.00 bits per heavy atom. The van der Waals surface area contributed by atoms with Gasteiger partial charge in [0.1, 0.15) is 28.9 Å². The first-order chi connectivity index (χ1) is 16.9. The van der Waals surface area contributed by atoms with Crippen LogP contribution in [0.25, 0.3) is 17.4 Å². The number of carboxylic acids is 1. The molecule has 9 nitrogen and oxygen atoms in total. The molecular formula is C25H18N4O5S. The van der Waals surface area contributed by atoms with Crippen LogP contribution in [-0.2, 0) is 4.79 Å². The first-order valence-corrected chi connectivity index (χ1v) is 11.3. The molecule has 0 bridgehead atoms. The van der Waals surface area contributed by atoms with Gasteiger partial charge in [0.05, 0.1) is 11.1 Å². The molecule has 174 valence electrons. The van der Waals surface area contributed by atoms with Gasteiger partial charge in [0.2, 0.25) is 5.17 Å². The van der Waals surface area contributed by atoms with E-state index in [1.54, 1.807) is 24.3 Å². The average Bonchev–Trinajstić information content (AvgIpc) is 3.48. The molecule has 35 heavy (non-hydrogen) atoms. The number of carboxylic acid groups (broad SMARTS) is 1. The van der Waals surface area contributed by atoms with E-state index in [0.29, 0.717) is 33.0 Å². The lowest BCUT2D eigenvalue weighted by Gasteiger charge is -2.19. The van der Waals surface area contributed by atoms with Crippen molar-refractivity contribution in [3.8, 4) is 17.1 Å². The molecule has 5 rings (SSSR count). The Morgan fingerprint density at radius 1 is 1.20 bits per heavy atom. The lowest BCUT2D eigenvalue weighted by Crippen LogP contribution is -2.35. The minimum absolute atomic E-state index is 0.0427. The van der Waals surface area contributed by atoms with Crippen LogP contribution < -0.4 is 4.74 Å². The number of fused-ring (bicyclic) bond motifs is 1. The van der Waals surface area contributed by atoms with Crippen LogP contribution in [0, 0.1) is 12.3 Å². The molecule has 2 aliphatic heterocycles. The number of carbonyl (C=O) groups is 2. The zero-order valence-electron chi connectivity index (χ0n) is 18.4. The number of nitrogens with one attached hydrogen (secondary N) is 1. The van der Waals surface area contributed by atoms with Gasteiger partial charge in [0.15, 0.2) is 5.84 Å². The number of benzene rings is 2. The Balaban J connectivity index is 1.32. The largest absolute Gasteiger partial charge is 0.487 e. The summed E-state index contributed by atoms with van der Waals surface area (Å²) in [6.07, 6.45) is 1.45. The van der Waals surface area contributed by atoms with Gasteiger partial charge in [0, 0.05) is 5.56 Å². The Hall–Kier alpha value is -4.44. The molecule has 2 aliphatic rings. The van der Waals surface area contributed by atoms with Crippen molar-refractivity contribution < 1.29 is 23.8 Å². The second-order valence-electron chi connectivity index (χ2n) is 7.70. The number of hydrazone groups is 1. The lowest BCUT2D eigenvalue weighted by molar-refractivity contribution is -0.114. The number of nitrogens with zero attached hydrogens (tertiary/aromatic N) is 3. The standard InChI is InChI=1S/C25H18N4O5S/c1-14-3-2-4-17(11-14)33-13-21-28-29-22(26)19(23(30)27-25(29)35-21)12-18-9-10-20(34-18)15-5-7-16(8-6-15)24(31)32/h2-12,26H,13H2,1H3,(H,31,32). The highest BCUT2D eigenvalue weighted by Gasteiger charge is 2.36. The molecule has 3 heterocycles. The van der Waals surface area contributed by atoms with Crippen LogP contribution in [0.2, 0.25) is 0 Å². The fourth-order valence-electron chi connectivity index (χ4n) is 3.45. The molecule has 0 saturated carbocycles. The predicted molar refractivity (Wildman–Crippen MR) is 133 cm³/mol. The zero-order chi connectivity index (χ0) is 24.5. The average molecular weight is 487 g/mol. The van der Waals surface area contributed by atoms with E-state index < -0.39 is 11.9 Å². The molecule has 0 unspecified atom stereocenters. The normalized spacial score (nSPS) is 16.3. The van der Waals surface area contributed by atoms with Crippen LogP contribution in [-0.4, -0.2) is 44.6 Å². The lowest BCUT2D eigenvalue weighted by atomic mass is 10.1. The summed E-state index contributed by atoms with van der Waals surface area (Å²) in [6.45, 7) is 2.16. The van der Waals surface area contributed by atoms with E-state index in [2.05, 4.69) is 10.1 Å². The SMILES string of the molecule is Cc1cccc(OCC2=NN3C(=N)C(=Cc4ccc(-c5ccc(C(=O)O)cc5)o4)C(=O)N=C3S2)c1. The van der Waals surface area contributed by atoms with Crippen molar-refractivity contribution >= 4 is 45.8 Å². The summed E-state index contributed by atoms with van der Waals surface area (Å²) >= 11 is 1.19. The molecule has 2 N–H and O–H groups in total. The van der Waals surface area contributed by atoms with Gasteiger partial charge in [0.25, 0.3) is 5.91 Å². The smallest absolute Gasteiger partial charge is 0.335 e. The maximum atomic E-state index is 12.6. The molecule has 1 amide bonds. The summed E-state index contributed by atoms with van der Waals surface area (Å²) in [4.78, 5) is 27.7. The molecule has 1 aromatic heterocycles. The number of aromatic carboxylic acids is 1. The third kappa shape index (κ3) is 4.64. The van der Waals surface area contributed by atoms with Crippen LogP contribution in [0.15, 0.2) is 80.7 Å². The molecule has 10 heteroatoms. The zero-order valence-corrected chi connectivity index (χ0v) is 19.2. The number of amidine groups is 2. The number of rotatable bonds is 6. The number of amides is 1. The number of carbonyl (C=O) groups excluding carboxylic acids is 1. The second kappa shape index (κ2) is 9.07. The highest BCUT2D eigenvalue weighted by Crippen LogP contribution is 2.30. The summed E-state index contributed by atoms with van der Waals surface area (Å²) in [7, 11) is 0. The number of hydrogen-bond donors (Lipinski definition) is 2. The molecule has 0 saturated heterocycles. The van der Waals surface area contributed by atoms with Crippen molar-refractivity contribution in [1.29, 1.82) is 5.41 Å². The molecule has 0 atom stereocenters. The summed E-state index contributed by atoms with van der Waals surface area (Å²) in [5.74, 6) is -0.122. The number of ether oxygens (including phenoxy) is 1. The van der Waals surface area contributed by atoms with Gasteiger partial charge in [-0.3, -0.25) is 10.2 Å². The van der Waals surface area contributed by atoms with Crippen molar-refractivity contribution in [2.75, 3.05) is 6.61 Å². The highest BCUT2D eigenvalue weighted by molar-refractivity contribution is 8.27. The van der Waals surface area contributed by atoms with Crippen molar-refractivity contribution in [2.24, 2.45) is 10.1 Å². The van der Waals surface area contributed by atoms with Gasteiger partial charge in [-0.15, -0.1) is 0 Å². The van der Waals surface area contributed by atoms with Crippen molar-refractivity contribution in [3.63, 3.8) is 0 Å². The maximum absolute atomic E-state index is 12.6. The summed E-state index contributed by atoms with van der Waals surface area (Å²) < 4.78 is 11.6. The molecule has 2 aromatic carbocycles. The molecule has 0 radical (unpaired) electrons. The third-order valence-corrected chi connectivity index (χ3v) is 6.06. The fraction of sp³-hybridized carbons (Fsp3) is 0.0800. The van der Waals surface area contributed by atoms with Gasteiger partial charge in [-0.2, -0.15) is 15.1 Å². The van der Waals surface area contributed by atoms with Crippen LogP contribution in [0.1, 0.15) is 21.7 Å². The minimum atomic E-state index is -1.01. The summed E-state index contributed by atoms with van der Waals surface area (Å²) in [5.41, 5.74) is 1.97. The number of aliphatic imine (C=N–C) groups is 1. The monoisotopic (exact) mass is 486 g/mol. The molecular weight excluding hydrogens is 468 g/mol. The van der Waals surface area contributed by atoms with E-state index in [1.807, 2.05) is 31.2 Å². The number of furan rings is 1. The highest BCUT2D eigenvalue weighted by atomic mass is 32.2. The number of thioether (sulfide) groups is 1. The Labute approximate surface area is 203 Å². The molecule has 3 aromatic rings. The first kappa shape index (κ1) is 22.4. The van der Waals surface area contributed by atoms with Crippen LogP contribution in [0.3, 0.4) is 0 Å². The topological polar surface area (TPSA) is 129 Å². The van der Waals surface area contributed by atoms with Crippen LogP contribution in [0.5, 0.6) is 5.75 Å². The summed E-state index contributed by atoms with van der Waals surface area (Å²) in [5, 5.41) is 24.1. The molecule has 0 fully saturated rings. The van der Waals surface area contributed by atoms with Gasteiger partial charge in [-0.1, -0.05) is 24.3 Å².